The molecule has 1 nitrogen and oxygen atoms in total. The van der Waals surface area contributed by atoms with Crippen LogP contribution in [0.2, 0.25) is 0 Å². The molecule has 1 atom stereocenters. The summed E-state index contributed by atoms with van der Waals surface area (Å²) < 4.78 is 0. The highest BCUT2D eigenvalue weighted by Crippen LogP contribution is 2.32. The summed E-state index contributed by atoms with van der Waals surface area (Å²) >= 11 is 0. The number of hydrogen-bond donors (Lipinski definition) is 1. The van der Waals surface area contributed by atoms with E-state index in [4.69, 9.17) is 0 Å². The Hall–Kier alpha value is -0.820. The van der Waals surface area contributed by atoms with Gasteiger partial charge in [0.1, 0.15) is 0 Å². The van der Waals surface area contributed by atoms with E-state index in [1.165, 1.54) is 56.1 Å². The zero-order valence-corrected chi connectivity index (χ0v) is 12.6. The van der Waals surface area contributed by atoms with Gasteiger partial charge < -0.3 is 5.32 Å². The molecular formula is C18H29N. The van der Waals surface area contributed by atoms with E-state index >= 15 is 0 Å². The molecule has 1 unspecified atom stereocenters. The van der Waals surface area contributed by atoms with Crippen molar-refractivity contribution in [3.63, 3.8) is 0 Å². The van der Waals surface area contributed by atoms with Gasteiger partial charge in [0.05, 0.1) is 0 Å². The molecule has 1 aromatic carbocycles. The first kappa shape index (κ1) is 14.6. The summed E-state index contributed by atoms with van der Waals surface area (Å²) in [5.74, 6) is 0.934. The number of benzene rings is 1. The van der Waals surface area contributed by atoms with Crippen molar-refractivity contribution in [1.29, 1.82) is 0 Å². The summed E-state index contributed by atoms with van der Waals surface area (Å²) in [6.07, 6.45) is 9.76. The summed E-state index contributed by atoms with van der Waals surface area (Å²) in [5, 5.41) is 3.76. The molecule has 1 fully saturated rings. The molecule has 0 aromatic heterocycles. The first-order chi connectivity index (χ1) is 9.29. The van der Waals surface area contributed by atoms with Crippen molar-refractivity contribution in [1.82, 2.24) is 5.32 Å². The average Bonchev–Trinajstić information content (AvgIpc) is 2.44. The fourth-order valence-corrected chi connectivity index (χ4v) is 3.30. The van der Waals surface area contributed by atoms with E-state index in [0.29, 0.717) is 6.04 Å². The highest BCUT2D eigenvalue weighted by atomic mass is 14.9. The fourth-order valence-electron chi connectivity index (χ4n) is 3.30. The normalized spacial score (nSPS) is 18.4. The first-order valence-corrected chi connectivity index (χ1v) is 8.09. The van der Waals surface area contributed by atoms with Crippen molar-refractivity contribution in [3.8, 4) is 0 Å². The second-order valence-corrected chi connectivity index (χ2v) is 6.16. The van der Waals surface area contributed by atoms with Gasteiger partial charge in [-0.1, -0.05) is 68.9 Å². The largest absolute Gasteiger partial charge is 0.310 e. The quantitative estimate of drug-likeness (QED) is 0.757. The van der Waals surface area contributed by atoms with E-state index in [-0.39, 0.29) is 0 Å². The molecule has 19 heavy (non-hydrogen) atoms. The third-order valence-corrected chi connectivity index (χ3v) is 4.38. The Morgan fingerprint density at radius 3 is 2.68 bits per heavy atom. The molecule has 0 spiro atoms. The molecule has 1 aliphatic rings. The fraction of sp³-hybridized carbons (Fsp3) is 0.667. The second-order valence-electron chi connectivity index (χ2n) is 6.16. The lowest BCUT2D eigenvalue weighted by Crippen LogP contribution is -2.25. The van der Waals surface area contributed by atoms with Crippen LogP contribution in [-0.4, -0.2) is 6.54 Å². The van der Waals surface area contributed by atoms with Crippen molar-refractivity contribution in [3.05, 3.63) is 35.4 Å². The topological polar surface area (TPSA) is 12.0 Å². The molecule has 0 saturated heterocycles. The maximum absolute atomic E-state index is 3.76. The lowest BCUT2D eigenvalue weighted by molar-refractivity contribution is 0.300. The van der Waals surface area contributed by atoms with Crippen LogP contribution in [0, 0.1) is 12.8 Å². The van der Waals surface area contributed by atoms with Gasteiger partial charge in [-0.15, -0.1) is 0 Å². The minimum atomic E-state index is 0.558. The van der Waals surface area contributed by atoms with Crippen LogP contribution in [0.3, 0.4) is 0 Å². The molecule has 2 rings (SSSR count). The van der Waals surface area contributed by atoms with E-state index < -0.39 is 0 Å². The van der Waals surface area contributed by atoms with Crippen molar-refractivity contribution in [2.75, 3.05) is 6.54 Å². The molecule has 0 aliphatic heterocycles. The molecule has 106 valence electrons. The lowest BCUT2D eigenvalue weighted by Gasteiger charge is -2.27. The lowest BCUT2D eigenvalue weighted by atomic mass is 9.83. The predicted molar refractivity (Wildman–Crippen MR) is 83.4 cm³/mol. The Bertz CT molecular complexity index is 366. The van der Waals surface area contributed by atoms with Gasteiger partial charge in [0, 0.05) is 6.04 Å². The molecule has 0 amide bonds. The predicted octanol–water partition coefficient (Wildman–Crippen LogP) is 5.01. The first-order valence-electron chi connectivity index (χ1n) is 8.09. The van der Waals surface area contributed by atoms with Crippen molar-refractivity contribution in [2.45, 2.75) is 64.8 Å². The molecular weight excluding hydrogens is 230 g/mol. The third-order valence-electron chi connectivity index (χ3n) is 4.38. The monoisotopic (exact) mass is 259 g/mol. The van der Waals surface area contributed by atoms with Gasteiger partial charge in [0.25, 0.3) is 0 Å². The van der Waals surface area contributed by atoms with Gasteiger partial charge in [-0.25, -0.2) is 0 Å². The minimum absolute atomic E-state index is 0.558. The maximum Gasteiger partial charge on any atom is 0.0322 e. The Morgan fingerprint density at radius 2 is 2.00 bits per heavy atom. The van der Waals surface area contributed by atoms with Gasteiger partial charge in [-0.3, -0.25) is 0 Å². The van der Waals surface area contributed by atoms with E-state index in [9.17, 15) is 0 Å². The summed E-state index contributed by atoms with van der Waals surface area (Å²) in [6.45, 7) is 5.58. The van der Waals surface area contributed by atoms with E-state index in [2.05, 4.69) is 43.4 Å². The van der Waals surface area contributed by atoms with Crippen molar-refractivity contribution >= 4 is 0 Å². The van der Waals surface area contributed by atoms with Crippen molar-refractivity contribution in [2.24, 2.45) is 5.92 Å². The van der Waals surface area contributed by atoms with Gasteiger partial charge in [-0.05, 0) is 37.8 Å². The summed E-state index contributed by atoms with van der Waals surface area (Å²) in [6, 6.07) is 9.61. The number of rotatable bonds is 6. The van der Waals surface area contributed by atoms with Crippen LogP contribution >= 0.6 is 0 Å². The van der Waals surface area contributed by atoms with Gasteiger partial charge in [-0.2, -0.15) is 0 Å². The minimum Gasteiger partial charge on any atom is -0.310 e. The number of aryl methyl sites for hydroxylation is 1. The number of nitrogens with one attached hydrogen (secondary N) is 1. The van der Waals surface area contributed by atoms with Gasteiger partial charge >= 0.3 is 0 Å². The maximum atomic E-state index is 3.76. The molecule has 1 heteroatoms. The van der Waals surface area contributed by atoms with E-state index in [1.54, 1.807) is 0 Å². The van der Waals surface area contributed by atoms with E-state index in [0.717, 1.165) is 12.5 Å². The Labute approximate surface area is 118 Å². The van der Waals surface area contributed by atoms with Crippen LogP contribution in [0.25, 0.3) is 0 Å². The molecule has 0 heterocycles. The smallest absolute Gasteiger partial charge is 0.0322 e. The van der Waals surface area contributed by atoms with E-state index in [1.807, 2.05) is 0 Å². The van der Waals surface area contributed by atoms with Gasteiger partial charge in [0.15, 0.2) is 0 Å². The van der Waals surface area contributed by atoms with Crippen LogP contribution in [-0.2, 0) is 0 Å². The third kappa shape index (κ3) is 4.65. The van der Waals surface area contributed by atoms with Crippen LogP contribution < -0.4 is 5.32 Å². The SMILES string of the molecule is CCCNC(CC1CCCCC1)c1cccc(C)c1. The molecule has 1 aromatic rings. The number of hydrogen-bond acceptors (Lipinski definition) is 1. The van der Waals surface area contributed by atoms with Crippen LogP contribution in [0.4, 0.5) is 0 Å². The molecule has 0 bridgehead atoms. The molecule has 1 aliphatic carbocycles. The zero-order valence-electron chi connectivity index (χ0n) is 12.6. The second kappa shape index (κ2) is 7.69. The van der Waals surface area contributed by atoms with Crippen LogP contribution in [0.5, 0.6) is 0 Å². The summed E-state index contributed by atoms with van der Waals surface area (Å²) in [4.78, 5) is 0. The molecule has 1 saturated carbocycles. The van der Waals surface area contributed by atoms with Gasteiger partial charge in [0.2, 0.25) is 0 Å². The Morgan fingerprint density at radius 1 is 1.21 bits per heavy atom. The summed E-state index contributed by atoms with van der Waals surface area (Å²) in [5.41, 5.74) is 2.86. The standard InChI is InChI=1S/C18H29N/c1-3-12-19-18(14-16-9-5-4-6-10-16)17-11-7-8-15(2)13-17/h7-8,11,13,16,18-19H,3-6,9-10,12,14H2,1-2H3. The van der Waals surface area contributed by atoms with Crippen molar-refractivity contribution < 1.29 is 0 Å². The molecule has 0 radical (unpaired) electrons. The van der Waals surface area contributed by atoms with Crippen LogP contribution in [0.15, 0.2) is 24.3 Å². The highest BCUT2D eigenvalue weighted by Gasteiger charge is 2.19. The molecule has 1 N–H and O–H groups in total. The summed E-state index contributed by atoms with van der Waals surface area (Å²) in [7, 11) is 0. The van der Waals surface area contributed by atoms with Crippen LogP contribution in [0.1, 0.15) is 69.0 Å². The average molecular weight is 259 g/mol. The zero-order chi connectivity index (χ0) is 13.5. The highest BCUT2D eigenvalue weighted by molar-refractivity contribution is 5.25. The Balaban J connectivity index is 2.01. The Kier molecular flexibility index (Phi) is 5.91.